The largest absolute Gasteiger partial charge is 0.497 e. The highest BCUT2D eigenvalue weighted by Crippen LogP contribution is 2.42. The molecule has 1 aromatic heterocycles. The summed E-state index contributed by atoms with van der Waals surface area (Å²) in [5, 5.41) is 12.1. The number of pyridine rings is 1. The highest BCUT2D eigenvalue weighted by Gasteiger charge is 2.35. The number of fused-ring (bicyclic) bond motifs is 6. The fourth-order valence-corrected chi connectivity index (χ4v) is 5.37. The van der Waals surface area contributed by atoms with Crippen LogP contribution in [0.3, 0.4) is 0 Å². The molecule has 1 aliphatic rings. The molecule has 0 radical (unpaired) electrons. The molecule has 5 rings (SSSR count). The van der Waals surface area contributed by atoms with Crippen molar-refractivity contribution in [2.24, 2.45) is 0 Å². The number of alkyl halides is 3. The summed E-state index contributed by atoms with van der Waals surface area (Å²) in [4.78, 5) is 38.8. The number of aromatic nitrogens is 1. The van der Waals surface area contributed by atoms with E-state index in [1.54, 1.807) is 13.0 Å². The van der Waals surface area contributed by atoms with E-state index in [-0.39, 0.29) is 28.7 Å². The predicted molar refractivity (Wildman–Crippen MR) is 151 cm³/mol. The topological polar surface area (TPSA) is 107 Å². The lowest BCUT2D eigenvalue weighted by Crippen LogP contribution is -2.40. The molecule has 234 valence electrons. The lowest BCUT2D eigenvalue weighted by Gasteiger charge is -2.25. The molecule has 4 bridgehead atoms. The van der Waals surface area contributed by atoms with Gasteiger partial charge in [-0.15, -0.1) is 0 Å². The van der Waals surface area contributed by atoms with Gasteiger partial charge in [-0.25, -0.2) is 8.78 Å². The average Bonchev–Trinajstić information content (AvgIpc) is 2.95. The summed E-state index contributed by atoms with van der Waals surface area (Å²) in [6.45, 7) is 3.18. The molecule has 0 aliphatic carbocycles. The predicted octanol–water partition coefficient (Wildman–Crippen LogP) is 6.47. The third-order valence-electron chi connectivity index (χ3n) is 7.44. The summed E-state index contributed by atoms with van der Waals surface area (Å²) in [6.07, 6.45) is -5.03. The van der Waals surface area contributed by atoms with Gasteiger partial charge in [0, 0.05) is 35.0 Å². The second kappa shape index (κ2) is 11.7. The van der Waals surface area contributed by atoms with E-state index < -0.39 is 64.9 Å². The van der Waals surface area contributed by atoms with Crippen LogP contribution in [0, 0.1) is 25.5 Å². The molecular weight excluding hydrogens is 603 g/mol. The Balaban J connectivity index is 1.83. The Hall–Kier alpha value is -5.20. The second-order valence-electron chi connectivity index (χ2n) is 10.5. The van der Waals surface area contributed by atoms with Crippen LogP contribution >= 0.6 is 0 Å². The van der Waals surface area contributed by atoms with Crippen molar-refractivity contribution in [1.29, 1.82) is 0 Å². The molecule has 8 nitrogen and oxygen atoms in total. The maximum absolute atomic E-state index is 15.7. The molecule has 2 N–H and O–H groups in total. The molecule has 13 heteroatoms. The van der Waals surface area contributed by atoms with Crippen LogP contribution in [0.1, 0.15) is 46.3 Å². The molecular formula is C32H25F5N2O6. The van der Waals surface area contributed by atoms with Crippen LogP contribution in [0.2, 0.25) is 0 Å². The molecule has 0 spiro atoms. The molecule has 2 atom stereocenters. The van der Waals surface area contributed by atoms with E-state index in [1.807, 2.05) is 0 Å². The number of aryl methyl sites for hydroxylation is 2. The van der Waals surface area contributed by atoms with Gasteiger partial charge >= 0.3 is 12.1 Å². The Morgan fingerprint density at radius 1 is 1.00 bits per heavy atom. The van der Waals surface area contributed by atoms with Gasteiger partial charge in [-0.2, -0.15) is 13.2 Å². The van der Waals surface area contributed by atoms with Gasteiger partial charge in [-0.1, -0.05) is 0 Å². The number of halogens is 5. The lowest BCUT2D eigenvalue weighted by atomic mass is 9.92. The number of aliphatic carboxylic acids is 1. The Bertz CT molecular complexity index is 1900. The normalized spacial score (nSPS) is 16.3. The van der Waals surface area contributed by atoms with Gasteiger partial charge in [0.25, 0.3) is 5.56 Å². The van der Waals surface area contributed by atoms with Crippen LogP contribution < -0.4 is 20.3 Å². The first-order chi connectivity index (χ1) is 21.2. The number of nitrogens with one attached hydrogen (secondary N) is 1. The molecule has 4 aromatic rings. The van der Waals surface area contributed by atoms with Gasteiger partial charge in [0.2, 0.25) is 5.91 Å². The van der Waals surface area contributed by atoms with Crippen molar-refractivity contribution in [3.8, 4) is 28.4 Å². The van der Waals surface area contributed by atoms with Crippen LogP contribution in [0.25, 0.3) is 11.1 Å². The first kappa shape index (κ1) is 31.2. The number of ether oxygens (including phenoxy) is 2. The first-order valence-corrected chi connectivity index (χ1v) is 13.5. The van der Waals surface area contributed by atoms with Crippen molar-refractivity contribution in [3.05, 3.63) is 111 Å². The fraction of sp³-hybridized carbons (Fsp3) is 0.219. The summed E-state index contributed by atoms with van der Waals surface area (Å²) >= 11 is 0. The number of amides is 1. The standard InChI is InChI=1S/C32H25F5N2O6/c1-15-9-20(44-3)13-25-28(15)17-8-16(2)29(34)22(10-17)24(14-27(41)42)38-31(43)30(21-12-19(45-25)4-5-23(21)33)39-7-6-18(11-26(39)40)32(35,36)37/h4-13,24,30H,14H2,1-3H3,(H,38,43)(H,41,42)/t24-,30-/m0/s1. The van der Waals surface area contributed by atoms with Crippen molar-refractivity contribution in [1.82, 2.24) is 9.88 Å². The monoisotopic (exact) mass is 628 g/mol. The van der Waals surface area contributed by atoms with Gasteiger partial charge < -0.3 is 19.9 Å². The van der Waals surface area contributed by atoms with Crippen LogP contribution in [-0.2, 0) is 15.8 Å². The quantitative estimate of drug-likeness (QED) is 0.251. The van der Waals surface area contributed by atoms with Crippen molar-refractivity contribution in [3.63, 3.8) is 0 Å². The highest BCUT2D eigenvalue weighted by molar-refractivity contribution is 5.85. The Morgan fingerprint density at radius 3 is 2.38 bits per heavy atom. The van der Waals surface area contributed by atoms with Gasteiger partial charge in [0.1, 0.15) is 34.9 Å². The lowest BCUT2D eigenvalue weighted by molar-refractivity contribution is -0.138. The van der Waals surface area contributed by atoms with Gasteiger partial charge in [-0.3, -0.25) is 19.0 Å². The van der Waals surface area contributed by atoms with E-state index in [9.17, 15) is 32.7 Å². The smallest absolute Gasteiger partial charge is 0.416 e. The zero-order chi connectivity index (χ0) is 32.8. The fourth-order valence-electron chi connectivity index (χ4n) is 5.37. The SMILES string of the molecule is COc1cc(C)c2c(c1)Oc1ccc(F)c(c1)[C@H](n1ccc(C(F)(F)F)cc1=O)C(=O)N[C@@H](CC(=O)O)c1cc-2cc(C)c1F. The van der Waals surface area contributed by atoms with E-state index in [1.165, 1.54) is 38.3 Å². The van der Waals surface area contributed by atoms with Crippen molar-refractivity contribution < 1.29 is 46.1 Å². The number of carboxylic acids is 1. The summed E-state index contributed by atoms with van der Waals surface area (Å²) in [5.74, 6) is -3.92. The summed E-state index contributed by atoms with van der Waals surface area (Å²) in [7, 11) is 1.43. The minimum atomic E-state index is -4.89. The van der Waals surface area contributed by atoms with Gasteiger partial charge in [0.15, 0.2) is 0 Å². The molecule has 0 fully saturated rings. The van der Waals surface area contributed by atoms with E-state index in [2.05, 4.69) is 5.32 Å². The van der Waals surface area contributed by atoms with Crippen LogP contribution in [0.5, 0.6) is 17.2 Å². The van der Waals surface area contributed by atoms with Gasteiger partial charge in [-0.05, 0) is 73.0 Å². The minimum Gasteiger partial charge on any atom is -0.497 e. The maximum atomic E-state index is 15.7. The van der Waals surface area contributed by atoms with E-state index in [4.69, 9.17) is 9.47 Å². The van der Waals surface area contributed by atoms with Gasteiger partial charge in [0.05, 0.1) is 25.1 Å². The molecule has 0 unspecified atom stereocenters. The summed E-state index contributed by atoms with van der Waals surface area (Å²) in [6, 6.07) is 6.67. The number of methoxy groups -OCH3 is 1. The minimum absolute atomic E-state index is 0.0153. The zero-order valence-corrected chi connectivity index (χ0v) is 24.0. The maximum Gasteiger partial charge on any atom is 0.416 e. The third kappa shape index (κ3) is 6.10. The van der Waals surface area contributed by atoms with E-state index in [0.717, 1.165) is 12.1 Å². The van der Waals surface area contributed by atoms with Crippen molar-refractivity contribution in [2.75, 3.05) is 7.11 Å². The van der Waals surface area contributed by atoms with Crippen LogP contribution in [-0.4, -0.2) is 28.7 Å². The highest BCUT2D eigenvalue weighted by atomic mass is 19.4. The summed E-state index contributed by atoms with van der Waals surface area (Å²) < 4.78 is 83.4. The average molecular weight is 629 g/mol. The second-order valence-corrected chi connectivity index (χ2v) is 10.5. The van der Waals surface area contributed by atoms with Crippen molar-refractivity contribution in [2.45, 2.75) is 38.5 Å². The number of benzene rings is 3. The Labute approximate surface area is 252 Å². The number of carbonyl (C=O) groups is 2. The van der Waals surface area contributed by atoms with Crippen LogP contribution in [0.4, 0.5) is 22.0 Å². The Morgan fingerprint density at radius 2 is 1.73 bits per heavy atom. The Kier molecular flexibility index (Phi) is 8.13. The van der Waals surface area contributed by atoms with E-state index in [0.29, 0.717) is 39.3 Å². The number of hydrogen-bond donors (Lipinski definition) is 2. The first-order valence-electron chi connectivity index (χ1n) is 13.5. The number of nitrogens with zero attached hydrogens (tertiary/aromatic N) is 1. The number of rotatable bonds is 4. The zero-order valence-electron chi connectivity index (χ0n) is 24.0. The third-order valence-corrected chi connectivity index (χ3v) is 7.44. The molecule has 45 heavy (non-hydrogen) atoms. The molecule has 3 aromatic carbocycles. The number of carbonyl (C=O) groups excluding carboxylic acids is 1. The number of hydrogen-bond acceptors (Lipinski definition) is 5. The number of carboxylic acid groups (broad SMARTS) is 1. The van der Waals surface area contributed by atoms with E-state index >= 15 is 8.78 Å². The summed E-state index contributed by atoms with van der Waals surface area (Å²) in [5.41, 5.74) is -1.73. The van der Waals surface area contributed by atoms with Crippen LogP contribution in [0.15, 0.2) is 65.6 Å². The van der Waals surface area contributed by atoms with Crippen molar-refractivity contribution >= 4 is 11.9 Å². The molecule has 1 aliphatic heterocycles. The molecule has 0 saturated heterocycles. The molecule has 2 heterocycles. The molecule has 1 amide bonds. The molecule has 0 saturated carbocycles.